The van der Waals surface area contributed by atoms with Gasteiger partial charge in [-0.2, -0.15) is 0 Å². The van der Waals surface area contributed by atoms with Crippen molar-refractivity contribution in [3.63, 3.8) is 0 Å². The third kappa shape index (κ3) is 2.47. The smallest absolute Gasteiger partial charge is 0.0724 e. The lowest BCUT2D eigenvalue weighted by atomic mass is 10.2. The Morgan fingerprint density at radius 2 is 2.21 bits per heavy atom. The molecule has 2 N–H and O–H groups in total. The van der Waals surface area contributed by atoms with Gasteiger partial charge in [0.05, 0.1) is 6.10 Å². The Bertz CT molecular complexity index is 169. The average molecular weight is 198 g/mol. The van der Waals surface area contributed by atoms with Gasteiger partial charge in [-0.05, 0) is 38.6 Å². The van der Waals surface area contributed by atoms with Crippen LogP contribution in [-0.4, -0.2) is 38.4 Å². The molecule has 1 aliphatic heterocycles. The van der Waals surface area contributed by atoms with Crippen molar-refractivity contribution in [1.82, 2.24) is 10.6 Å². The summed E-state index contributed by atoms with van der Waals surface area (Å²) in [6.45, 7) is 2.31. The van der Waals surface area contributed by atoms with Crippen molar-refractivity contribution in [1.29, 1.82) is 0 Å². The third-order valence-corrected chi connectivity index (χ3v) is 3.54. The van der Waals surface area contributed by atoms with Gasteiger partial charge in [0.15, 0.2) is 0 Å². The molecule has 1 heterocycles. The highest BCUT2D eigenvalue weighted by Crippen LogP contribution is 2.21. The minimum atomic E-state index is 0.455. The van der Waals surface area contributed by atoms with Gasteiger partial charge in [0.1, 0.15) is 0 Å². The third-order valence-electron chi connectivity index (χ3n) is 3.54. The Kier molecular flexibility index (Phi) is 3.79. The topological polar surface area (TPSA) is 33.3 Å². The molecule has 3 nitrogen and oxygen atoms in total. The van der Waals surface area contributed by atoms with Crippen molar-refractivity contribution in [3.8, 4) is 0 Å². The van der Waals surface area contributed by atoms with Crippen LogP contribution in [0.5, 0.6) is 0 Å². The maximum absolute atomic E-state index is 5.46. The molecule has 2 fully saturated rings. The largest absolute Gasteiger partial charge is 0.380 e. The molecule has 2 rings (SSSR count). The molecule has 0 aromatic heterocycles. The molecule has 14 heavy (non-hydrogen) atoms. The number of ether oxygens (including phenoxy) is 1. The van der Waals surface area contributed by atoms with E-state index in [-0.39, 0.29) is 0 Å². The number of rotatable bonds is 4. The van der Waals surface area contributed by atoms with Crippen LogP contribution < -0.4 is 10.6 Å². The Morgan fingerprint density at radius 3 is 2.93 bits per heavy atom. The molecule has 3 atom stereocenters. The number of hydrogen-bond donors (Lipinski definition) is 2. The van der Waals surface area contributed by atoms with E-state index in [4.69, 9.17) is 4.74 Å². The molecule has 2 aliphatic rings. The zero-order valence-corrected chi connectivity index (χ0v) is 9.09. The van der Waals surface area contributed by atoms with Crippen molar-refractivity contribution in [2.24, 2.45) is 0 Å². The molecule has 1 saturated carbocycles. The quantitative estimate of drug-likeness (QED) is 0.704. The van der Waals surface area contributed by atoms with Crippen LogP contribution in [0.15, 0.2) is 0 Å². The molecule has 0 radical (unpaired) electrons. The Labute approximate surface area is 86.6 Å². The summed E-state index contributed by atoms with van der Waals surface area (Å²) < 4.78 is 5.46. The second-order valence-electron chi connectivity index (χ2n) is 4.51. The lowest BCUT2D eigenvalue weighted by molar-refractivity contribution is 0.0846. The fourth-order valence-electron chi connectivity index (χ4n) is 2.67. The monoisotopic (exact) mass is 198 g/mol. The van der Waals surface area contributed by atoms with Crippen LogP contribution >= 0.6 is 0 Å². The predicted octanol–water partition coefficient (Wildman–Crippen LogP) is 0.895. The summed E-state index contributed by atoms with van der Waals surface area (Å²) in [5.74, 6) is 0. The summed E-state index contributed by atoms with van der Waals surface area (Å²) in [5, 5.41) is 7.15. The fraction of sp³-hybridized carbons (Fsp3) is 1.00. The SMILES string of the molecule is COC1CCCC1NCC1CCCN1. The highest BCUT2D eigenvalue weighted by molar-refractivity contribution is 4.86. The van der Waals surface area contributed by atoms with Gasteiger partial charge in [-0.25, -0.2) is 0 Å². The van der Waals surface area contributed by atoms with Crippen LogP contribution in [0.25, 0.3) is 0 Å². The highest BCUT2D eigenvalue weighted by atomic mass is 16.5. The second-order valence-corrected chi connectivity index (χ2v) is 4.51. The van der Waals surface area contributed by atoms with Crippen molar-refractivity contribution < 1.29 is 4.74 Å². The summed E-state index contributed by atoms with van der Waals surface area (Å²) in [6.07, 6.45) is 6.95. The van der Waals surface area contributed by atoms with Crippen LogP contribution in [0.4, 0.5) is 0 Å². The Morgan fingerprint density at radius 1 is 1.29 bits per heavy atom. The first-order valence-corrected chi connectivity index (χ1v) is 5.89. The first-order valence-electron chi connectivity index (χ1n) is 5.89. The molecular weight excluding hydrogens is 176 g/mol. The Hall–Kier alpha value is -0.120. The summed E-state index contributed by atoms with van der Waals surface area (Å²) in [4.78, 5) is 0. The summed E-state index contributed by atoms with van der Waals surface area (Å²) >= 11 is 0. The molecule has 1 saturated heterocycles. The van der Waals surface area contributed by atoms with E-state index in [0.29, 0.717) is 18.2 Å². The van der Waals surface area contributed by atoms with E-state index >= 15 is 0 Å². The summed E-state index contributed by atoms with van der Waals surface area (Å²) in [7, 11) is 1.83. The van der Waals surface area contributed by atoms with Crippen molar-refractivity contribution >= 4 is 0 Å². The van der Waals surface area contributed by atoms with Gasteiger partial charge in [0.2, 0.25) is 0 Å². The van der Waals surface area contributed by atoms with Crippen LogP contribution in [0.2, 0.25) is 0 Å². The van der Waals surface area contributed by atoms with Crippen molar-refractivity contribution in [2.45, 2.75) is 50.3 Å². The maximum atomic E-state index is 5.46. The van der Waals surface area contributed by atoms with Gasteiger partial charge in [-0.3, -0.25) is 0 Å². The van der Waals surface area contributed by atoms with E-state index in [1.807, 2.05) is 7.11 Å². The van der Waals surface area contributed by atoms with E-state index in [1.54, 1.807) is 0 Å². The van der Waals surface area contributed by atoms with Gasteiger partial charge in [0.25, 0.3) is 0 Å². The first-order chi connectivity index (χ1) is 6.90. The fourth-order valence-corrected chi connectivity index (χ4v) is 2.67. The van der Waals surface area contributed by atoms with E-state index in [0.717, 1.165) is 6.54 Å². The van der Waals surface area contributed by atoms with Crippen LogP contribution in [0, 0.1) is 0 Å². The summed E-state index contributed by atoms with van der Waals surface area (Å²) in [6, 6.07) is 1.30. The molecule has 3 heteroatoms. The number of hydrogen-bond acceptors (Lipinski definition) is 3. The zero-order chi connectivity index (χ0) is 9.80. The molecule has 0 spiro atoms. The minimum absolute atomic E-state index is 0.455. The lowest BCUT2D eigenvalue weighted by Gasteiger charge is -2.21. The van der Waals surface area contributed by atoms with Crippen LogP contribution in [0.3, 0.4) is 0 Å². The zero-order valence-electron chi connectivity index (χ0n) is 9.09. The minimum Gasteiger partial charge on any atom is -0.380 e. The van der Waals surface area contributed by atoms with Crippen LogP contribution in [-0.2, 0) is 4.74 Å². The molecule has 0 aromatic rings. The second kappa shape index (κ2) is 5.10. The average Bonchev–Trinajstić information content (AvgIpc) is 2.85. The van der Waals surface area contributed by atoms with Crippen molar-refractivity contribution in [2.75, 3.05) is 20.2 Å². The van der Waals surface area contributed by atoms with E-state index in [9.17, 15) is 0 Å². The Balaban J connectivity index is 1.68. The molecule has 1 aliphatic carbocycles. The van der Waals surface area contributed by atoms with Gasteiger partial charge in [-0.15, -0.1) is 0 Å². The molecule has 0 amide bonds. The highest BCUT2D eigenvalue weighted by Gasteiger charge is 2.27. The van der Waals surface area contributed by atoms with Gasteiger partial charge in [0, 0.05) is 25.7 Å². The first kappa shape index (κ1) is 10.4. The molecular formula is C11H22N2O. The van der Waals surface area contributed by atoms with Crippen molar-refractivity contribution in [3.05, 3.63) is 0 Å². The van der Waals surface area contributed by atoms with E-state index in [1.165, 1.54) is 38.6 Å². The lowest BCUT2D eigenvalue weighted by Crippen LogP contribution is -2.43. The normalized spacial score (nSPS) is 37.9. The van der Waals surface area contributed by atoms with E-state index < -0.39 is 0 Å². The van der Waals surface area contributed by atoms with Gasteiger partial charge in [-0.1, -0.05) is 0 Å². The molecule has 3 unspecified atom stereocenters. The maximum Gasteiger partial charge on any atom is 0.0724 e. The summed E-state index contributed by atoms with van der Waals surface area (Å²) in [5.41, 5.74) is 0. The predicted molar refractivity (Wildman–Crippen MR) is 57.5 cm³/mol. The number of nitrogens with one attached hydrogen (secondary N) is 2. The molecule has 0 aromatic carbocycles. The molecule has 0 bridgehead atoms. The van der Waals surface area contributed by atoms with E-state index in [2.05, 4.69) is 10.6 Å². The van der Waals surface area contributed by atoms with Gasteiger partial charge < -0.3 is 15.4 Å². The van der Waals surface area contributed by atoms with Gasteiger partial charge >= 0.3 is 0 Å². The number of methoxy groups -OCH3 is 1. The molecule has 82 valence electrons. The standard InChI is InChI=1S/C11H22N2O/c1-14-11-6-2-5-10(11)13-8-9-4-3-7-12-9/h9-13H,2-8H2,1H3. The van der Waals surface area contributed by atoms with Crippen LogP contribution in [0.1, 0.15) is 32.1 Å².